The van der Waals surface area contributed by atoms with Crippen LogP contribution in [-0.4, -0.2) is 42.3 Å². The zero-order valence-corrected chi connectivity index (χ0v) is 13.7. The molecule has 2 amide bonds. The monoisotopic (exact) mass is 361 g/mol. The molecule has 136 valence electrons. The summed E-state index contributed by atoms with van der Waals surface area (Å²) in [7, 11) is 0. The highest BCUT2D eigenvalue weighted by atomic mass is 16.6. The Bertz CT molecular complexity index is 833. The van der Waals surface area contributed by atoms with Gasteiger partial charge in [0, 0.05) is 6.07 Å². The van der Waals surface area contributed by atoms with Gasteiger partial charge in [-0.25, -0.2) is 4.79 Å². The Morgan fingerprint density at radius 1 is 1.23 bits per heavy atom. The summed E-state index contributed by atoms with van der Waals surface area (Å²) in [5.41, 5.74) is 4.80. The van der Waals surface area contributed by atoms with Gasteiger partial charge in [0.2, 0.25) is 11.9 Å². The molecule has 10 heteroatoms. The molecular formula is C16H15N3O7. The second kappa shape index (κ2) is 7.55. The van der Waals surface area contributed by atoms with E-state index in [2.05, 4.69) is 16.0 Å². The van der Waals surface area contributed by atoms with Crippen LogP contribution in [0.25, 0.3) is 0 Å². The molecule has 0 aliphatic carbocycles. The largest absolute Gasteiger partial charge is 0.485 e. The quantitative estimate of drug-likeness (QED) is 0.581. The minimum atomic E-state index is -0.926. The van der Waals surface area contributed by atoms with Gasteiger partial charge in [-0.15, -0.1) is 0 Å². The van der Waals surface area contributed by atoms with E-state index in [9.17, 15) is 14.4 Å². The number of aromatic nitrogens is 1. The summed E-state index contributed by atoms with van der Waals surface area (Å²) in [4.78, 5) is 35.3. The summed E-state index contributed by atoms with van der Waals surface area (Å²) in [6.07, 6.45) is -0.926. The summed E-state index contributed by atoms with van der Waals surface area (Å²) in [6, 6.07) is 8.28. The van der Waals surface area contributed by atoms with E-state index in [1.807, 2.05) is 0 Å². The number of benzene rings is 1. The van der Waals surface area contributed by atoms with Gasteiger partial charge in [0.1, 0.15) is 6.61 Å². The van der Waals surface area contributed by atoms with Gasteiger partial charge in [-0.1, -0.05) is 17.3 Å². The fourth-order valence-electron chi connectivity index (χ4n) is 2.06. The zero-order valence-electron chi connectivity index (χ0n) is 13.7. The maximum absolute atomic E-state index is 12.0. The van der Waals surface area contributed by atoms with Crippen molar-refractivity contribution in [2.75, 3.05) is 13.2 Å². The molecule has 1 aromatic heterocycles. The number of carbonyl (C=O) groups is 3. The normalized spacial score (nSPS) is 15.0. The number of hydrazine groups is 1. The lowest BCUT2D eigenvalue weighted by molar-refractivity contribution is -0.135. The SMILES string of the molecule is Cc1cc(C(=O)OCC(=O)NNC(=O)C2COc3ccccc3O2)on1. The van der Waals surface area contributed by atoms with Crippen LogP contribution >= 0.6 is 0 Å². The van der Waals surface area contributed by atoms with E-state index in [1.165, 1.54) is 6.07 Å². The Morgan fingerprint density at radius 3 is 2.73 bits per heavy atom. The number of amides is 2. The first kappa shape index (κ1) is 17.3. The van der Waals surface area contributed by atoms with E-state index in [1.54, 1.807) is 31.2 Å². The number of esters is 1. The predicted octanol–water partition coefficient (Wildman–Crippen LogP) is 0.127. The van der Waals surface area contributed by atoms with Crippen molar-refractivity contribution in [1.82, 2.24) is 16.0 Å². The Hall–Kier alpha value is -3.56. The molecule has 1 aliphatic rings. The van der Waals surface area contributed by atoms with Gasteiger partial charge in [-0.3, -0.25) is 20.4 Å². The molecule has 2 aromatic rings. The molecule has 10 nitrogen and oxygen atoms in total. The molecule has 0 fully saturated rings. The van der Waals surface area contributed by atoms with Crippen LogP contribution < -0.4 is 20.3 Å². The lowest BCUT2D eigenvalue weighted by Gasteiger charge is -2.25. The van der Waals surface area contributed by atoms with Crippen molar-refractivity contribution >= 4 is 17.8 Å². The molecule has 1 aliphatic heterocycles. The summed E-state index contributed by atoms with van der Waals surface area (Å²) in [5, 5.41) is 3.53. The molecule has 2 N–H and O–H groups in total. The predicted molar refractivity (Wildman–Crippen MR) is 84.2 cm³/mol. The number of hydrogen-bond donors (Lipinski definition) is 2. The molecule has 3 rings (SSSR count). The Kier molecular flexibility index (Phi) is 5.02. The number of para-hydroxylation sites is 2. The smallest absolute Gasteiger partial charge is 0.377 e. The third-order valence-electron chi connectivity index (χ3n) is 3.29. The minimum absolute atomic E-state index is 0.00144. The third kappa shape index (κ3) is 4.09. The number of fused-ring (bicyclic) bond motifs is 1. The first-order valence-electron chi connectivity index (χ1n) is 7.60. The number of rotatable bonds is 4. The topological polar surface area (TPSA) is 129 Å². The molecule has 0 spiro atoms. The summed E-state index contributed by atoms with van der Waals surface area (Å²) >= 11 is 0. The van der Waals surface area contributed by atoms with E-state index in [-0.39, 0.29) is 12.4 Å². The van der Waals surface area contributed by atoms with Gasteiger partial charge in [-0.2, -0.15) is 0 Å². The lowest BCUT2D eigenvalue weighted by atomic mass is 10.2. The number of hydrogen-bond acceptors (Lipinski definition) is 8. The van der Waals surface area contributed by atoms with Crippen LogP contribution in [0.15, 0.2) is 34.9 Å². The van der Waals surface area contributed by atoms with Gasteiger partial charge < -0.3 is 18.7 Å². The molecule has 1 unspecified atom stereocenters. The highest BCUT2D eigenvalue weighted by Gasteiger charge is 2.27. The van der Waals surface area contributed by atoms with Crippen molar-refractivity contribution in [3.8, 4) is 11.5 Å². The van der Waals surface area contributed by atoms with Gasteiger partial charge in [0.15, 0.2) is 18.1 Å². The highest BCUT2D eigenvalue weighted by Crippen LogP contribution is 2.30. The molecule has 1 aromatic carbocycles. The molecule has 0 saturated carbocycles. The van der Waals surface area contributed by atoms with E-state index in [0.717, 1.165) is 0 Å². The fourth-order valence-corrected chi connectivity index (χ4v) is 2.06. The summed E-state index contributed by atoms with van der Waals surface area (Å²) in [5.74, 6) is -1.33. The van der Waals surface area contributed by atoms with Gasteiger partial charge in [0.25, 0.3) is 11.8 Å². The van der Waals surface area contributed by atoms with Crippen LogP contribution in [0.2, 0.25) is 0 Å². The van der Waals surface area contributed by atoms with E-state index >= 15 is 0 Å². The van der Waals surface area contributed by atoms with Crippen molar-refractivity contribution in [2.45, 2.75) is 13.0 Å². The Balaban J connectivity index is 1.42. The molecule has 26 heavy (non-hydrogen) atoms. The highest BCUT2D eigenvalue weighted by molar-refractivity contribution is 5.89. The van der Waals surface area contributed by atoms with Crippen LogP contribution in [0.3, 0.4) is 0 Å². The second-order valence-corrected chi connectivity index (χ2v) is 5.31. The van der Waals surface area contributed by atoms with E-state index < -0.39 is 30.5 Å². The van der Waals surface area contributed by atoms with Crippen molar-refractivity contribution < 1.29 is 33.1 Å². The molecule has 2 heterocycles. The molecule has 1 atom stereocenters. The minimum Gasteiger partial charge on any atom is -0.485 e. The second-order valence-electron chi connectivity index (χ2n) is 5.31. The van der Waals surface area contributed by atoms with Crippen LogP contribution in [0.5, 0.6) is 11.5 Å². The van der Waals surface area contributed by atoms with Crippen molar-refractivity contribution in [3.63, 3.8) is 0 Å². The van der Waals surface area contributed by atoms with Gasteiger partial charge in [0.05, 0.1) is 5.69 Å². The number of aryl methyl sites for hydroxylation is 1. The van der Waals surface area contributed by atoms with Crippen molar-refractivity contribution in [2.24, 2.45) is 0 Å². The summed E-state index contributed by atoms with van der Waals surface area (Å²) in [6.45, 7) is 1.03. The average Bonchev–Trinajstić information content (AvgIpc) is 3.10. The van der Waals surface area contributed by atoms with Crippen LogP contribution in [0.1, 0.15) is 16.2 Å². The maximum Gasteiger partial charge on any atom is 0.377 e. The summed E-state index contributed by atoms with van der Waals surface area (Å²) < 4.78 is 20.3. The molecular weight excluding hydrogens is 346 g/mol. The fraction of sp³-hybridized carbons (Fsp3) is 0.250. The Labute approximate surface area is 147 Å². The van der Waals surface area contributed by atoms with Crippen LogP contribution in [0.4, 0.5) is 0 Å². The van der Waals surface area contributed by atoms with Crippen molar-refractivity contribution in [3.05, 3.63) is 41.8 Å². The third-order valence-corrected chi connectivity index (χ3v) is 3.29. The molecule has 0 bridgehead atoms. The first-order chi connectivity index (χ1) is 12.5. The zero-order chi connectivity index (χ0) is 18.5. The maximum atomic E-state index is 12.0. The van der Waals surface area contributed by atoms with Crippen molar-refractivity contribution in [1.29, 1.82) is 0 Å². The lowest BCUT2D eigenvalue weighted by Crippen LogP contribution is -2.51. The van der Waals surface area contributed by atoms with E-state index in [4.69, 9.17) is 18.7 Å². The van der Waals surface area contributed by atoms with E-state index in [0.29, 0.717) is 17.2 Å². The molecule has 0 radical (unpaired) electrons. The van der Waals surface area contributed by atoms with Gasteiger partial charge >= 0.3 is 5.97 Å². The standard InChI is InChI=1S/C16H15N3O7/c1-9-6-12(26-19-9)16(22)24-8-14(20)17-18-15(21)13-7-23-10-4-2-3-5-11(10)25-13/h2-6,13H,7-8H2,1H3,(H,17,20)(H,18,21). The first-order valence-corrected chi connectivity index (χ1v) is 7.60. The molecule has 0 saturated heterocycles. The number of carbonyl (C=O) groups excluding carboxylic acids is 3. The average molecular weight is 361 g/mol. The van der Waals surface area contributed by atoms with Crippen LogP contribution in [0, 0.1) is 6.92 Å². The number of nitrogens with one attached hydrogen (secondary N) is 2. The number of ether oxygens (including phenoxy) is 3. The Morgan fingerprint density at radius 2 is 2.00 bits per heavy atom. The number of nitrogens with zero attached hydrogens (tertiary/aromatic N) is 1. The van der Waals surface area contributed by atoms with Crippen LogP contribution in [-0.2, 0) is 14.3 Å². The van der Waals surface area contributed by atoms with Gasteiger partial charge in [-0.05, 0) is 19.1 Å².